The van der Waals surface area contributed by atoms with Gasteiger partial charge in [-0.15, -0.1) is 0 Å². The van der Waals surface area contributed by atoms with E-state index in [1.165, 1.54) is 24.3 Å². The van der Waals surface area contributed by atoms with Crippen LogP contribution in [0.3, 0.4) is 0 Å². The van der Waals surface area contributed by atoms with Crippen LogP contribution in [-0.4, -0.2) is 98.5 Å². The Morgan fingerprint density at radius 1 is 1.00 bits per heavy atom. The number of aromatic nitrogens is 2. The van der Waals surface area contributed by atoms with E-state index in [2.05, 4.69) is 30.9 Å². The molecule has 3 amide bonds. The molecule has 0 aromatic carbocycles. The molecule has 17 heteroatoms. The maximum Gasteiger partial charge on any atom is 0.326 e. The second-order valence-electron chi connectivity index (χ2n) is 8.57. The highest BCUT2D eigenvalue weighted by Gasteiger charge is 2.30. The van der Waals surface area contributed by atoms with Gasteiger partial charge in [-0.1, -0.05) is 0 Å². The lowest BCUT2D eigenvalue weighted by atomic mass is 10.1. The minimum absolute atomic E-state index is 0.0310. The summed E-state index contributed by atoms with van der Waals surface area (Å²) in [6.07, 6.45) is 4.66. The Bertz CT molecular complexity index is 987. The Balaban J connectivity index is 3.00. The van der Waals surface area contributed by atoms with Gasteiger partial charge in [-0.25, -0.2) is 9.78 Å². The molecule has 0 aliphatic heterocycles. The van der Waals surface area contributed by atoms with Crippen molar-refractivity contribution in [2.24, 2.45) is 22.2 Å². The molecule has 0 aliphatic carbocycles. The first-order valence-electron chi connectivity index (χ1n) is 12.1. The fraction of sp³-hybridized carbons (Fsp3) is 0.591. The zero-order valence-corrected chi connectivity index (χ0v) is 22.4. The predicted octanol–water partition coefficient (Wildman–Crippen LogP) is -2.51. The summed E-state index contributed by atoms with van der Waals surface area (Å²) in [5.41, 5.74) is 16.8. The van der Waals surface area contributed by atoms with Crippen molar-refractivity contribution >= 4 is 47.4 Å². The van der Waals surface area contributed by atoms with Crippen LogP contribution in [0.5, 0.6) is 0 Å². The third kappa shape index (κ3) is 13.5. The Morgan fingerprint density at radius 2 is 1.64 bits per heavy atom. The highest BCUT2D eigenvalue weighted by Crippen LogP contribution is 2.07. The number of nitrogens with zero attached hydrogens (tertiary/aromatic N) is 2. The van der Waals surface area contributed by atoms with Crippen molar-refractivity contribution in [1.82, 2.24) is 25.9 Å². The second-order valence-corrected chi connectivity index (χ2v) is 9.56. The normalized spacial score (nSPS) is 13.8. The van der Waals surface area contributed by atoms with E-state index >= 15 is 0 Å². The zero-order chi connectivity index (χ0) is 29.4. The molecule has 1 aromatic heterocycles. The quantitative estimate of drug-likeness (QED) is 0.0473. The average molecular weight is 572 g/mol. The second kappa shape index (κ2) is 17.6. The van der Waals surface area contributed by atoms with E-state index in [9.17, 15) is 29.1 Å². The number of guanidine groups is 1. The lowest BCUT2D eigenvalue weighted by molar-refractivity contribution is -0.142. The van der Waals surface area contributed by atoms with E-state index < -0.39 is 53.8 Å². The van der Waals surface area contributed by atoms with Gasteiger partial charge in [-0.05, 0) is 37.7 Å². The largest absolute Gasteiger partial charge is 0.481 e. The Kier molecular flexibility index (Phi) is 15.0. The van der Waals surface area contributed by atoms with E-state index in [1.54, 1.807) is 0 Å². The number of hydrogen-bond donors (Lipinski definition) is 9. The summed E-state index contributed by atoms with van der Waals surface area (Å²) >= 11 is 1.43. The molecule has 218 valence electrons. The summed E-state index contributed by atoms with van der Waals surface area (Å²) in [7, 11) is 0. The van der Waals surface area contributed by atoms with Crippen LogP contribution in [0.4, 0.5) is 0 Å². The molecular weight excluding hydrogens is 534 g/mol. The van der Waals surface area contributed by atoms with Crippen LogP contribution in [0.15, 0.2) is 17.5 Å². The SMILES string of the molecule is CSCCC(NC(=O)C(N)CCC(=O)O)C(=O)NC(Cc1cnc[nH]1)C(=O)NC(CCCN=C(N)N)C(=O)O. The number of carboxylic acid groups (broad SMARTS) is 2. The molecule has 0 aliphatic rings. The predicted molar refractivity (Wildman–Crippen MR) is 143 cm³/mol. The summed E-state index contributed by atoms with van der Waals surface area (Å²) in [4.78, 5) is 71.8. The molecule has 0 saturated carbocycles. The highest BCUT2D eigenvalue weighted by molar-refractivity contribution is 7.98. The summed E-state index contributed by atoms with van der Waals surface area (Å²) in [6, 6.07) is -4.71. The molecule has 16 nitrogen and oxygen atoms in total. The number of aromatic amines is 1. The number of imidazole rings is 1. The van der Waals surface area contributed by atoms with Gasteiger partial charge in [0.15, 0.2) is 5.96 Å². The van der Waals surface area contributed by atoms with Gasteiger partial charge < -0.3 is 48.3 Å². The number of rotatable bonds is 19. The first kappa shape index (κ1) is 33.2. The summed E-state index contributed by atoms with van der Waals surface area (Å²) in [5.74, 6) is -4.21. The third-order valence-corrected chi connectivity index (χ3v) is 6.07. The Labute approximate surface area is 229 Å². The van der Waals surface area contributed by atoms with Crippen LogP contribution < -0.4 is 33.2 Å². The van der Waals surface area contributed by atoms with Gasteiger partial charge in [0.25, 0.3) is 0 Å². The van der Waals surface area contributed by atoms with Crippen molar-refractivity contribution in [3.05, 3.63) is 18.2 Å². The van der Waals surface area contributed by atoms with Gasteiger partial charge in [0.1, 0.15) is 18.1 Å². The van der Waals surface area contributed by atoms with E-state index in [0.717, 1.165) is 0 Å². The lowest BCUT2D eigenvalue weighted by Crippen LogP contribution is -2.57. The molecular formula is C22H37N9O7S. The van der Waals surface area contributed by atoms with E-state index in [0.29, 0.717) is 11.4 Å². The molecule has 1 aromatic rings. The number of hydrogen-bond acceptors (Lipinski definition) is 9. The van der Waals surface area contributed by atoms with Crippen LogP contribution in [0.25, 0.3) is 0 Å². The average Bonchev–Trinajstić information content (AvgIpc) is 3.38. The number of amides is 3. The number of carbonyl (C=O) groups is 5. The van der Waals surface area contributed by atoms with Crippen molar-refractivity contribution in [3.63, 3.8) is 0 Å². The van der Waals surface area contributed by atoms with Crippen LogP contribution in [0, 0.1) is 0 Å². The number of nitrogens with two attached hydrogens (primary N) is 3. The number of aliphatic carboxylic acids is 2. The van der Waals surface area contributed by atoms with Crippen molar-refractivity contribution in [2.45, 2.75) is 62.7 Å². The number of carbonyl (C=O) groups excluding carboxylic acids is 3. The fourth-order valence-electron chi connectivity index (χ4n) is 3.32. The number of thioether (sulfide) groups is 1. The van der Waals surface area contributed by atoms with E-state index in [1.807, 2.05) is 6.26 Å². The molecule has 0 bridgehead atoms. The molecule has 12 N–H and O–H groups in total. The molecule has 4 atom stereocenters. The molecule has 39 heavy (non-hydrogen) atoms. The van der Waals surface area contributed by atoms with Crippen LogP contribution in [0.1, 0.15) is 37.8 Å². The molecule has 1 heterocycles. The van der Waals surface area contributed by atoms with Gasteiger partial charge in [-0.3, -0.25) is 24.2 Å². The van der Waals surface area contributed by atoms with Crippen LogP contribution in [0.2, 0.25) is 0 Å². The number of aliphatic imine (C=N–C) groups is 1. The fourth-order valence-corrected chi connectivity index (χ4v) is 3.80. The van der Waals surface area contributed by atoms with E-state index in [-0.39, 0.29) is 51.0 Å². The molecule has 4 unspecified atom stereocenters. The smallest absolute Gasteiger partial charge is 0.326 e. The molecule has 0 fully saturated rings. The summed E-state index contributed by atoms with van der Waals surface area (Å²) in [6.45, 7) is 0.168. The Hall–Kier alpha value is -3.86. The highest BCUT2D eigenvalue weighted by atomic mass is 32.2. The van der Waals surface area contributed by atoms with Crippen molar-refractivity contribution < 1.29 is 34.2 Å². The van der Waals surface area contributed by atoms with Gasteiger partial charge >= 0.3 is 11.9 Å². The van der Waals surface area contributed by atoms with Gasteiger partial charge in [0.2, 0.25) is 17.7 Å². The van der Waals surface area contributed by atoms with Gasteiger partial charge in [-0.2, -0.15) is 11.8 Å². The van der Waals surface area contributed by atoms with Gasteiger partial charge in [0, 0.05) is 31.3 Å². The maximum atomic E-state index is 13.2. The topological polar surface area (TPSA) is 281 Å². The van der Waals surface area contributed by atoms with Crippen molar-refractivity contribution in [1.29, 1.82) is 0 Å². The number of carboxylic acids is 2. The molecule has 0 spiro atoms. The van der Waals surface area contributed by atoms with Crippen molar-refractivity contribution in [2.75, 3.05) is 18.6 Å². The van der Waals surface area contributed by atoms with E-state index in [4.69, 9.17) is 22.3 Å². The number of H-pyrrole nitrogens is 1. The summed E-state index contributed by atoms with van der Waals surface area (Å²) < 4.78 is 0. The van der Waals surface area contributed by atoms with Crippen LogP contribution >= 0.6 is 11.8 Å². The monoisotopic (exact) mass is 571 g/mol. The third-order valence-electron chi connectivity index (χ3n) is 5.42. The molecule has 0 radical (unpaired) electrons. The molecule has 1 rings (SSSR count). The maximum absolute atomic E-state index is 13.2. The minimum Gasteiger partial charge on any atom is -0.481 e. The first-order valence-corrected chi connectivity index (χ1v) is 13.5. The first-order chi connectivity index (χ1) is 18.4. The number of nitrogens with one attached hydrogen (secondary N) is 4. The van der Waals surface area contributed by atoms with Gasteiger partial charge in [0.05, 0.1) is 12.4 Å². The molecule has 0 saturated heterocycles. The lowest BCUT2D eigenvalue weighted by Gasteiger charge is -2.25. The standard InChI is InChI=1S/C22H37N9O7S/c1-39-8-6-14(29-18(34)13(23)4-5-17(32)33)19(35)31-16(9-12-10-26-11-28-12)20(36)30-15(21(37)38)3-2-7-27-22(24)25/h10-11,13-16H,2-9,23H2,1H3,(H,26,28)(H,29,34)(H,30,36)(H,31,35)(H,32,33)(H,37,38)(H4,24,25,27). The van der Waals surface area contributed by atoms with Crippen molar-refractivity contribution in [3.8, 4) is 0 Å². The zero-order valence-electron chi connectivity index (χ0n) is 21.6. The summed E-state index contributed by atoms with van der Waals surface area (Å²) in [5, 5.41) is 25.9. The Morgan fingerprint density at radius 3 is 2.21 bits per heavy atom. The van der Waals surface area contributed by atoms with Crippen LogP contribution in [-0.2, 0) is 30.4 Å². The minimum atomic E-state index is -1.28.